The molecule has 1 unspecified atom stereocenters. The first-order valence-corrected chi connectivity index (χ1v) is 4.29. The van der Waals surface area contributed by atoms with Crippen LogP contribution in [-0.2, 0) is 9.53 Å². The summed E-state index contributed by atoms with van der Waals surface area (Å²) in [5.41, 5.74) is -1.01. The lowest BCUT2D eigenvalue weighted by molar-refractivity contribution is -0.165. The van der Waals surface area contributed by atoms with Crippen LogP contribution in [0.3, 0.4) is 0 Å². The molecule has 3 heteroatoms. The van der Waals surface area contributed by atoms with Gasteiger partial charge in [0.1, 0.15) is 0 Å². The average molecular weight is 174 g/mol. The number of carboxylic acid groups (broad SMARTS) is 1. The molecule has 0 aliphatic heterocycles. The fourth-order valence-electron chi connectivity index (χ4n) is 0.666. The van der Waals surface area contributed by atoms with Gasteiger partial charge in [-0.15, -0.1) is 0 Å². The molecular formula is C9H18O3. The van der Waals surface area contributed by atoms with Gasteiger partial charge in [-0.3, -0.25) is 0 Å². The third-order valence-corrected chi connectivity index (χ3v) is 1.86. The summed E-state index contributed by atoms with van der Waals surface area (Å²) in [6.07, 6.45) is 0.495. The Balaban J connectivity index is 4.06. The molecule has 0 aromatic carbocycles. The summed E-state index contributed by atoms with van der Waals surface area (Å²) < 4.78 is 5.30. The number of aliphatic carboxylic acids is 1. The number of carbonyl (C=O) groups is 1. The molecule has 0 amide bonds. The fourth-order valence-corrected chi connectivity index (χ4v) is 0.666. The Morgan fingerprint density at radius 1 is 1.58 bits per heavy atom. The van der Waals surface area contributed by atoms with E-state index in [1.165, 1.54) is 0 Å². The fraction of sp³-hybridized carbons (Fsp3) is 0.889. The molecule has 0 radical (unpaired) electrons. The normalized spacial score (nSPS) is 16.1. The third-order valence-electron chi connectivity index (χ3n) is 1.86. The van der Waals surface area contributed by atoms with Gasteiger partial charge in [-0.1, -0.05) is 20.8 Å². The Hall–Kier alpha value is -0.570. The van der Waals surface area contributed by atoms with Crippen molar-refractivity contribution in [3.8, 4) is 0 Å². The molecule has 0 fully saturated rings. The Kier molecular flexibility index (Phi) is 4.24. The number of rotatable bonds is 5. The molecule has 1 atom stereocenters. The van der Waals surface area contributed by atoms with Crippen molar-refractivity contribution in [2.45, 2.75) is 39.7 Å². The maximum Gasteiger partial charge on any atom is 0.335 e. The lowest BCUT2D eigenvalue weighted by atomic mass is 10.0. The molecule has 0 aromatic rings. The maximum atomic E-state index is 10.7. The Bertz CT molecular complexity index is 154. The second kappa shape index (κ2) is 4.45. The quantitative estimate of drug-likeness (QED) is 0.692. The average Bonchev–Trinajstić information content (AvgIpc) is 1.99. The zero-order valence-corrected chi connectivity index (χ0v) is 8.26. The van der Waals surface area contributed by atoms with Crippen LogP contribution in [0.25, 0.3) is 0 Å². The minimum atomic E-state index is -1.01. The van der Waals surface area contributed by atoms with Gasteiger partial charge in [0.15, 0.2) is 5.60 Å². The second-order valence-corrected chi connectivity index (χ2v) is 3.59. The molecule has 0 aliphatic carbocycles. The molecule has 0 spiro atoms. The Morgan fingerprint density at radius 2 is 2.08 bits per heavy atom. The van der Waals surface area contributed by atoms with Gasteiger partial charge in [-0.2, -0.15) is 0 Å². The lowest BCUT2D eigenvalue weighted by Crippen LogP contribution is -2.38. The van der Waals surface area contributed by atoms with E-state index in [9.17, 15) is 4.79 Å². The van der Waals surface area contributed by atoms with Crippen molar-refractivity contribution in [2.24, 2.45) is 5.92 Å². The number of carboxylic acids is 1. The van der Waals surface area contributed by atoms with Crippen molar-refractivity contribution in [3.63, 3.8) is 0 Å². The molecule has 1 N–H and O–H groups in total. The monoisotopic (exact) mass is 174 g/mol. The van der Waals surface area contributed by atoms with Gasteiger partial charge >= 0.3 is 5.97 Å². The van der Waals surface area contributed by atoms with E-state index in [1.807, 2.05) is 20.8 Å². The van der Waals surface area contributed by atoms with Crippen LogP contribution in [0, 0.1) is 5.92 Å². The van der Waals surface area contributed by atoms with E-state index in [0.717, 1.165) is 0 Å². The minimum Gasteiger partial charge on any atom is -0.479 e. The van der Waals surface area contributed by atoms with Crippen LogP contribution >= 0.6 is 0 Å². The molecule has 12 heavy (non-hydrogen) atoms. The van der Waals surface area contributed by atoms with Crippen LogP contribution in [-0.4, -0.2) is 23.3 Å². The molecule has 3 nitrogen and oxygen atoms in total. The van der Waals surface area contributed by atoms with Gasteiger partial charge in [0.2, 0.25) is 0 Å². The van der Waals surface area contributed by atoms with Crippen LogP contribution in [0.5, 0.6) is 0 Å². The van der Waals surface area contributed by atoms with Crippen LogP contribution < -0.4 is 0 Å². The first kappa shape index (κ1) is 11.4. The minimum absolute atomic E-state index is 0.371. The van der Waals surface area contributed by atoms with Crippen LogP contribution in [0.1, 0.15) is 34.1 Å². The molecule has 0 bridgehead atoms. The van der Waals surface area contributed by atoms with E-state index in [-0.39, 0.29) is 0 Å². The van der Waals surface area contributed by atoms with Gasteiger partial charge in [0.05, 0.1) is 6.61 Å². The highest BCUT2D eigenvalue weighted by Crippen LogP contribution is 2.16. The molecular weight excluding hydrogens is 156 g/mol. The van der Waals surface area contributed by atoms with Crippen molar-refractivity contribution in [2.75, 3.05) is 6.61 Å². The predicted molar refractivity (Wildman–Crippen MR) is 47.1 cm³/mol. The van der Waals surface area contributed by atoms with E-state index < -0.39 is 11.6 Å². The first-order chi connectivity index (χ1) is 5.42. The highest BCUT2D eigenvalue weighted by Gasteiger charge is 2.31. The zero-order chi connectivity index (χ0) is 9.78. The van der Waals surface area contributed by atoms with E-state index in [0.29, 0.717) is 18.9 Å². The summed E-state index contributed by atoms with van der Waals surface area (Å²) in [4.78, 5) is 10.7. The van der Waals surface area contributed by atoms with Gasteiger partial charge in [0, 0.05) is 0 Å². The van der Waals surface area contributed by atoms with Crippen molar-refractivity contribution in [1.82, 2.24) is 0 Å². The molecule has 0 aliphatic rings. The number of ether oxygens (including phenoxy) is 1. The van der Waals surface area contributed by atoms with E-state index in [1.54, 1.807) is 6.92 Å². The highest BCUT2D eigenvalue weighted by molar-refractivity contribution is 5.76. The van der Waals surface area contributed by atoms with Crippen molar-refractivity contribution in [3.05, 3.63) is 0 Å². The molecule has 0 aromatic heterocycles. The summed E-state index contributed by atoms with van der Waals surface area (Å²) >= 11 is 0. The van der Waals surface area contributed by atoms with Gasteiger partial charge in [-0.05, 0) is 19.3 Å². The number of hydrogen-bond donors (Lipinski definition) is 1. The van der Waals surface area contributed by atoms with E-state index >= 15 is 0 Å². The van der Waals surface area contributed by atoms with Crippen molar-refractivity contribution in [1.29, 1.82) is 0 Å². The van der Waals surface area contributed by atoms with E-state index in [4.69, 9.17) is 9.84 Å². The molecule has 0 heterocycles. The summed E-state index contributed by atoms with van der Waals surface area (Å²) in [6.45, 7) is 7.92. The maximum absolute atomic E-state index is 10.7. The first-order valence-electron chi connectivity index (χ1n) is 4.29. The smallest absolute Gasteiger partial charge is 0.335 e. The number of hydrogen-bond acceptors (Lipinski definition) is 2. The van der Waals surface area contributed by atoms with Crippen molar-refractivity contribution >= 4 is 5.97 Å². The van der Waals surface area contributed by atoms with Crippen LogP contribution in [0.15, 0.2) is 0 Å². The molecule has 72 valence electrons. The topological polar surface area (TPSA) is 46.5 Å². The van der Waals surface area contributed by atoms with Gasteiger partial charge in [-0.25, -0.2) is 4.79 Å². The zero-order valence-electron chi connectivity index (χ0n) is 8.26. The largest absolute Gasteiger partial charge is 0.479 e. The summed E-state index contributed by atoms with van der Waals surface area (Å²) in [6, 6.07) is 0. The van der Waals surface area contributed by atoms with Crippen LogP contribution in [0.2, 0.25) is 0 Å². The lowest BCUT2D eigenvalue weighted by Gasteiger charge is -2.24. The molecule has 0 saturated carbocycles. The SMILES string of the molecule is CCC(C)(OCC(C)C)C(=O)O. The molecule has 0 saturated heterocycles. The summed E-state index contributed by atoms with van der Waals surface area (Å²) in [7, 11) is 0. The summed E-state index contributed by atoms with van der Waals surface area (Å²) in [5, 5.41) is 8.82. The highest BCUT2D eigenvalue weighted by atomic mass is 16.5. The van der Waals surface area contributed by atoms with Crippen LogP contribution in [0.4, 0.5) is 0 Å². The van der Waals surface area contributed by atoms with Gasteiger partial charge < -0.3 is 9.84 Å². The van der Waals surface area contributed by atoms with Crippen molar-refractivity contribution < 1.29 is 14.6 Å². The Labute approximate surface area is 73.7 Å². The van der Waals surface area contributed by atoms with Gasteiger partial charge in [0.25, 0.3) is 0 Å². The molecule has 0 rings (SSSR count). The van der Waals surface area contributed by atoms with E-state index in [2.05, 4.69) is 0 Å². The Morgan fingerprint density at radius 3 is 2.33 bits per heavy atom. The standard InChI is InChI=1S/C9H18O3/c1-5-9(4,8(10)11)12-6-7(2)3/h7H,5-6H2,1-4H3,(H,10,11). The summed E-state index contributed by atoms with van der Waals surface area (Å²) in [5.74, 6) is -0.513. The predicted octanol–water partition coefficient (Wildman–Crippen LogP) is 1.91. The second-order valence-electron chi connectivity index (χ2n) is 3.59. The third kappa shape index (κ3) is 3.22.